The third-order valence-corrected chi connectivity index (χ3v) is 2.92. The van der Waals surface area contributed by atoms with E-state index in [9.17, 15) is 4.39 Å². The van der Waals surface area contributed by atoms with Crippen LogP contribution < -0.4 is 4.90 Å². The number of anilines is 2. The Labute approximate surface area is 107 Å². The Morgan fingerprint density at radius 2 is 2.00 bits per heavy atom. The van der Waals surface area contributed by atoms with E-state index in [0.717, 1.165) is 22.5 Å². The zero-order valence-electron chi connectivity index (χ0n) is 9.27. The number of hydrogen-bond acceptors (Lipinski definition) is 3. The van der Waals surface area contributed by atoms with Gasteiger partial charge in [0.1, 0.15) is 12.1 Å². The lowest BCUT2D eigenvalue weighted by Crippen LogP contribution is -2.17. The first-order valence-corrected chi connectivity index (χ1v) is 6.00. The SMILES string of the molecule is CCN(c1ccc(F)cc1)c1ncncc1Br. The highest BCUT2D eigenvalue weighted by atomic mass is 79.9. The molecule has 0 atom stereocenters. The molecule has 1 aromatic heterocycles. The molecular formula is C12H11BrFN3. The molecule has 0 aliphatic rings. The first-order chi connectivity index (χ1) is 8.22. The molecule has 2 aromatic rings. The van der Waals surface area contributed by atoms with Crippen molar-refractivity contribution < 1.29 is 4.39 Å². The van der Waals surface area contributed by atoms with Crippen molar-refractivity contribution in [2.24, 2.45) is 0 Å². The lowest BCUT2D eigenvalue weighted by Gasteiger charge is -2.22. The second kappa shape index (κ2) is 5.23. The summed E-state index contributed by atoms with van der Waals surface area (Å²) in [5.74, 6) is 0.528. The topological polar surface area (TPSA) is 29.0 Å². The van der Waals surface area contributed by atoms with Crippen LogP contribution in [-0.4, -0.2) is 16.5 Å². The van der Waals surface area contributed by atoms with Gasteiger partial charge in [-0.1, -0.05) is 0 Å². The Morgan fingerprint density at radius 3 is 2.59 bits per heavy atom. The van der Waals surface area contributed by atoms with E-state index in [4.69, 9.17) is 0 Å². The second-order valence-electron chi connectivity index (χ2n) is 3.41. The predicted molar refractivity (Wildman–Crippen MR) is 68.8 cm³/mol. The standard InChI is InChI=1S/C12H11BrFN3/c1-2-17(10-5-3-9(14)4-6-10)12-11(13)7-15-8-16-12/h3-8H,2H2,1H3. The summed E-state index contributed by atoms with van der Waals surface area (Å²) in [5, 5.41) is 0. The van der Waals surface area contributed by atoms with Gasteiger partial charge in [0.05, 0.1) is 4.47 Å². The van der Waals surface area contributed by atoms with E-state index in [1.807, 2.05) is 11.8 Å². The lowest BCUT2D eigenvalue weighted by atomic mass is 10.2. The van der Waals surface area contributed by atoms with Crippen LogP contribution in [0.1, 0.15) is 6.92 Å². The molecule has 0 unspecified atom stereocenters. The summed E-state index contributed by atoms with van der Waals surface area (Å²) in [5.41, 5.74) is 0.897. The van der Waals surface area contributed by atoms with Crippen molar-refractivity contribution in [2.45, 2.75) is 6.92 Å². The molecule has 0 N–H and O–H groups in total. The Bertz CT molecular complexity index is 501. The van der Waals surface area contributed by atoms with Crippen LogP contribution >= 0.6 is 15.9 Å². The first-order valence-electron chi connectivity index (χ1n) is 5.21. The van der Waals surface area contributed by atoms with Crippen LogP contribution in [0.25, 0.3) is 0 Å². The number of nitrogens with zero attached hydrogens (tertiary/aromatic N) is 3. The fourth-order valence-corrected chi connectivity index (χ4v) is 2.02. The van der Waals surface area contributed by atoms with Gasteiger partial charge in [0, 0.05) is 18.4 Å². The van der Waals surface area contributed by atoms with E-state index in [-0.39, 0.29) is 5.82 Å². The van der Waals surface area contributed by atoms with Gasteiger partial charge in [-0.05, 0) is 47.1 Å². The maximum atomic E-state index is 12.9. The molecule has 5 heteroatoms. The molecule has 0 aliphatic carbocycles. The number of halogens is 2. The van der Waals surface area contributed by atoms with Gasteiger partial charge in [-0.25, -0.2) is 14.4 Å². The summed E-state index contributed by atoms with van der Waals surface area (Å²) in [6.07, 6.45) is 3.18. The van der Waals surface area contributed by atoms with Crippen molar-refractivity contribution in [2.75, 3.05) is 11.4 Å². The van der Waals surface area contributed by atoms with Gasteiger partial charge in [-0.15, -0.1) is 0 Å². The summed E-state index contributed by atoms with van der Waals surface area (Å²) < 4.78 is 13.7. The quantitative estimate of drug-likeness (QED) is 0.867. The fraction of sp³-hybridized carbons (Fsp3) is 0.167. The van der Waals surface area contributed by atoms with Gasteiger partial charge >= 0.3 is 0 Å². The third kappa shape index (κ3) is 2.61. The van der Waals surface area contributed by atoms with Gasteiger partial charge in [0.25, 0.3) is 0 Å². The average molecular weight is 296 g/mol. The van der Waals surface area contributed by atoms with Crippen LogP contribution in [0.3, 0.4) is 0 Å². The molecule has 0 saturated carbocycles. The zero-order chi connectivity index (χ0) is 12.3. The second-order valence-corrected chi connectivity index (χ2v) is 4.27. The fourth-order valence-electron chi connectivity index (χ4n) is 1.58. The summed E-state index contributed by atoms with van der Waals surface area (Å²) in [6.45, 7) is 2.75. The smallest absolute Gasteiger partial charge is 0.150 e. The Kier molecular flexibility index (Phi) is 3.68. The Hall–Kier alpha value is -1.49. The van der Waals surface area contributed by atoms with Crippen molar-refractivity contribution in [3.8, 4) is 0 Å². The van der Waals surface area contributed by atoms with Gasteiger partial charge in [0.15, 0.2) is 5.82 Å². The molecule has 17 heavy (non-hydrogen) atoms. The number of benzene rings is 1. The molecule has 1 aromatic carbocycles. The molecule has 2 rings (SSSR count). The summed E-state index contributed by atoms with van der Waals surface area (Å²) >= 11 is 3.41. The summed E-state index contributed by atoms with van der Waals surface area (Å²) in [6, 6.07) is 6.33. The molecule has 0 aliphatic heterocycles. The zero-order valence-corrected chi connectivity index (χ0v) is 10.9. The van der Waals surface area contributed by atoms with Crippen molar-refractivity contribution in [1.82, 2.24) is 9.97 Å². The van der Waals surface area contributed by atoms with Crippen molar-refractivity contribution in [1.29, 1.82) is 0 Å². The van der Waals surface area contributed by atoms with Gasteiger partial charge < -0.3 is 4.90 Å². The number of hydrogen-bond donors (Lipinski definition) is 0. The van der Waals surface area contributed by atoms with Crippen LogP contribution in [0.2, 0.25) is 0 Å². The molecule has 1 heterocycles. The molecular weight excluding hydrogens is 285 g/mol. The molecule has 0 fully saturated rings. The van der Waals surface area contributed by atoms with E-state index in [1.165, 1.54) is 18.5 Å². The normalized spacial score (nSPS) is 10.3. The molecule has 3 nitrogen and oxygen atoms in total. The summed E-state index contributed by atoms with van der Waals surface area (Å²) in [7, 11) is 0. The minimum atomic E-state index is -0.244. The van der Waals surface area contributed by atoms with Crippen LogP contribution in [0, 0.1) is 5.82 Å². The molecule has 0 radical (unpaired) electrons. The Balaban J connectivity index is 2.40. The number of aromatic nitrogens is 2. The van der Waals surface area contributed by atoms with E-state index >= 15 is 0 Å². The maximum Gasteiger partial charge on any atom is 0.150 e. The largest absolute Gasteiger partial charge is 0.326 e. The predicted octanol–water partition coefficient (Wildman–Crippen LogP) is 3.54. The van der Waals surface area contributed by atoms with Gasteiger partial charge in [-0.3, -0.25) is 0 Å². The molecule has 0 amide bonds. The highest BCUT2D eigenvalue weighted by Gasteiger charge is 2.11. The van der Waals surface area contributed by atoms with Crippen molar-refractivity contribution >= 4 is 27.4 Å². The monoisotopic (exact) mass is 295 g/mol. The number of rotatable bonds is 3. The lowest BCUT2D eigenvalue weighted by molar-refractivity contribution is 0.627. The van der Waals surface area contributed by atoms with Crippen LogP contribution in [0.5, 0.6) is 0 Å². The third-order valence-electron chi connectivity index (χ3n) is 2.36. The average Bonchev–Trinajstić information content (AvgIpc) is 2.35. The van der Waals surface area contributed by atoms with E-state index < -0.39 is 0 Å². The van der Waals surface area contributed by atoms with Gasteiger partial charge in [0.2, 0.25) is 0 Å². The van der Waals surface area contributed by atoms with Gasteiger partial charge in [-0.2, -0.15) is 0 Å². The minimum Gasteiger partial charge on any atom is -0.326 e. The van der Waals surface area contributed by atoms with Crippen molar-refractivity contribution in [3.63, 3.8) is 0 Å². The molecule has 88 valence electrons. The van der Waals surface area contributed by atoms with E-state index in [2.05, 4.69) is 25.9 Å². The van der Waals surface area contributed by atoms with Crippen LogP contribution in [0.15, 0.2) is 41.3 Å². The highest BCUT2D eigenvalue weighted by molar-refractivity contribution is 9.10. The Morgan fingerprint density at radius 1 is 1.29 bits per heavy atom. The minimum absolute atomic E-state index is 0.244. The molecule has 0 bridgehead atoms. The van der Waals surface area contributed by atoms with E-state index in [1.54, 1.807) is 18.3 Å². The van der Waals surface area contributed by atoms with Crippen LogP contribution in [-0.2, 0) is 0 Å². The van der Waals surface area contributed by atoms with Crippen molar-refractivity contribution in [3.05, 3.63) is 47.1 Å². The first kappa shape index (κ1) is 12.0. The molecule has 0 saturated heterocycles. The maximum absolute atomic E-state index is 12.9. The van der Waals surface area contributed by atoms with E-state index in [0.29, 0.717) is 0 Å². The summed E-state index contributed by atoms with van der Waals surface area (Å²) in [4.78, 5) is 10.1. The highest BCUT2D eigenvalue weighted by Crippen LogP contribution is 2.28. The van der Waals surface area contributed by atoms with Crippen LogP contribution in [0.4, 0.5) is 15.9 Å². The molecule has 0 spiro atoms.